The Morgan fingerprint density at radius 2 is 1.67 bits per heavy atom. The molecule has 0 amide bonds. The van der Waals surface area contributed by atoms with Gasteiger partial charge in [-0.3, -0.25) is 0 Å². The standard InChI is InChI=1S/C18H22ClNO/c1-18(2,20-17-10-8-16(19)9-11-17)12-13-21-14-15-6-4-3-5-7-15/h3-11,20H,12-14H2,1-2H3. The molecule has 0 radical (unpaired) electrons. The minimum Gasteiger partial charge on any atom is -0.380 e. The van der Waals surface area contributed by atoms with Gasteiger partial charge in [0, 0.05) is 22.9 Å². The second-order valence-corrected chi connectivity index (χ2v) is 6.24. The van der Waals surface area contributed by atoms with Gasteiger partial charge >= 0.3 is 0 Å². The van der Waals surface area contributed by atoms with Gasteiger partial charge in [0.05, 0.1) is 6.61 Å². The van der Waals surface area contributed by atoms with Crippen molar-refractivity contribution >= 4 is 17.3 Å². The molecule has 3 heteroatoms. The summed E-state index contributed by atoms with van der Waals surface area (Å²) in [6, 6.07) is 18.0. The van der Waals surface area contributed by atoms with Gasteiger partial charge in [-0.1, -0.05) is 41.9 Å². The average molecular weight is 304 g/mol. The molecule has 0 aliphatic heterocycles. The quantitative estimate of drug-likeness (QED) is 0.715. The van der Waals surface area contributed by atoms with Crippen molar-refractivity contribution < 1.29 is 4.74 Å². The number of benzene rings is 2. The van der Waals surface area contributed by atoms with Gasteiger partial charge in [-0.2, -0.15) is 0 Å². The molecule has 0 unspecified atom stereocenters. The molecule has 2 nitrogen and oxygen atoms in total. The highest BCUT2D eigenvalue weighted by atomic mass is 35.5. The summed E-state index contributed by atoms with van der Waals surface area (Å²) in [6.45, 7) is 5.74. The van der Waals surface area contributed by atoms with E-state index in [1.807, 2.05) is 42.5 Å². The molecule has 112 valence electrons. The maximum Gasteiger partial charge on any atom is 0.0716 e. The maximum absolute atomic E-state index is 5.90. The molecule has 0 saturated carbocycles. The molecule has 0 aliphatic rings. The van der Waals surface area contributed by atoms with Gasteiger partial charge in [0.2, 0.25) is 0 Å². The van der Waals surface area contributed by atoms with E-state index in [1.54, 1.807) is 0 Å². The third-order valence-corrected chi connectivity index (χ3v) is 3.56. The third-order valence-electron chi connectivity index (χ3n) is 3.31. The fraction of sp³-hybridized carbons (Fsp3) is 0.333. The Bertz CT molecular complexity index is 537. The Hall–Kier alpha value is -1.51. The predicted molar refractivity (Wildman–Crippen MR) is 89.9 cm³/mol. The van der Waals surface area contributed by atoms with E-state index in [2.05, 4.69) is 31.3 Å². The Morgan fingerprint density at radius 1 is 1.00 bits per heavy atom. The zero-order chi connectivity index (χ0) is 15.1. The summed E-state index contributed by atoms with van der Waals surface area (Å²) in [4.78, 5) is 0. The lowest BCUT2D eigenvalue weighted by Gasteiger charge is -2.27. The summed E-state index contributed by atoms with van der Waals surface area (Å²) in [5, 5.41) is 4.26. The number of ether oxygens (including phenoxy) is 1. The lowest BCUT2D eigenvalue weighted by molar-refractivity contribution is 0.109. The Labute approximate surface area is 132 Å². The molecular formula is C18H22ClNO. The van der Waals surface area contributed by atoms with E-state index in [4.69, 9.17) is 16.3 Å². The van der Waals surface area contributed by atoms with Crippen LogP contribution in [-0.4, -0.2) is 12.1 Å². The van der Waals surface area contributed by atoms with Crippen molar-refractivity contribution in [3.8, 4) is 0 Å². The van der Waals surface area contributed by atoms with Crippen LogP contribution in [0.15, 0.2) is 54.6 Å². The van der Waals surface area contributed by atoms with E-state index in [9.17, 15) is 0 Å². The van der Waals surface area contributed by atoms with Crippen LogP contribution in [0, 0.1) is 0 Å². The molecule has 0 fully saturated rings. The predicted octanol–water partition coefficient (Wildman–Crippen LogP) is 5.14. The molecule has 21 heavy (non-hydrogen) atoms. The number of anilines is 1. The molecule has 2 aromatic rings. The zero-order valence-corrected chi connectivity index (χ0v) is 13.4. The van der Waals surface area contributed by atoms with Crippen LogP contribution in [0.5, 0.6) is 0 Å². The van der Waals surface area contributed by atoms with Crippen molar-refractivity contribution in [2.24, 2.45) is 0 Å². The van der Waals surface area contributed by atoms with Gasteiger partial charge in [0.15, 0.2) is 0 Å². The van der Waals surface area contributed by atoms with Crippen molar-refractivity contribution in [3.63, 3.8) is 0 Å². The minimum atomic E-state index is -0.0233. The van der Waals surface area contributed by atoms with E-state index >= 15 is 0 Å². The van der Waals surface area contributed by atoms with Crippen molar-refractivity contribution in [1.82, 2.24) is 0 Å². The topological polar surface area (TPSA) is 21.3 Å². The molecule has 1 N–H and O–H groups in total. The van der Waals surface area contributed by atoms with Crippen LogP contribution in [0.4, 0.5) is 5.69 Å². The maximum atomic E-state index is 5.90. The van der Waals surface area contributed by atoms with Gasteiger partial charge in [-0.25, -0.2) is 0 Å². The summed E-state index contributed by atoms with van der Waals surface area (Å²) in [7, 11) is 0. The zero-order valence-electron chi connectivity index (χ0n) is 12.6. The molecule has 0 atom stereocenters. The van der Waals surface area contributed by atoms with Gasteiger partial charge in [0.25, 0.3) is 0 Å². The highest BCUT2D eigenvalue weighted by Crippen LogP contribution is 2.20. The van der Waals surface area contributed by atoms with Crippen LogP contribution in [0.25, 0.3) is 0 Å². The molecule has 0 heterocycles. The number of hydrogen-bond acceptors (Lipinski definition) is 2. The Kier molecular flexibility index (Phi) is 5.66. The molecule has 0 aliphatic carbocycles. The fourth-order valence-corrected chi connectivity index (χ4v) is 2.20. The summed E-state index contributed by atoms with van der Waals surface area (Å²) in [6.07, 6.45) is 0.933. The summed E-state index contributed by atoms with van der Waals surface area (Å²) >= 11 is 5.90. The summed E-state index contributed by atoms with van der Waals surface area (Å²) in [5.41, 5.74) is 2.26. The molecule has 2 aromatic carbocycles. The second kappa shape index (κ2) is 7.48. The van der Waals surface area contributed by atoms with Crippen LogP contribution >= 0.6 is 11.6 Å². The number of hydrogen-bond donors (Lipinski definition) is 1. The van der Waals surface area contributed by atoms with Crippen LogP contribution in [-0.2, 0) is 11.3 Å². The largest absolute Gasteiger partial charge is 0.380 e. The minimum absolute atomic E-state index is 0.0233. The second-order valence-electron chi connectivity index (χ2n) is 5.80. The normalized spacial score (nSPS) is 11.4. The summed E-state index contributed by atoms with van der Waals surface area (Å²) < 4.78 is 5.75. The third kappa shape index (κ3) is 5.78. The van der Waals surface area contributed by atoms with Gasteiger partial charge < -0.3 is 10.1 Å². The van der Waals surface area contributed by atoms with E-state index in [0.717, 1.165) is 23.7 Å². The average Bonchev–Trinajstić information content (AvgIpc) is 2.47. The van der Waals surface area contributed by atoms with Crippen LogP contribution in [0.1, 0.15) is 25.8 Å². The first-order chi connectivity index (χ1) is 10.1. The Morgan fingerprint density at radius 3 is 2.33 bits per heavy atom. The highest BCUT2D eigenvalue weighted by molar-refractivity contribution is 6.30. The lowest BCUT2D eigenvalue weighted by atomic mass is 10.0. The first-order valence-electron chi connectivity index (χ1n) is 7.21. The SMILES string of the molecule is CC(C)(CCOCc1ccccc1)Nc1ccc(Cl)cc1. The van der Waals surface area contributed by atoms with Gasteiger partial charge in [-0.05, 0) is 50.1 Å². The highest BCUT2D eigenvalue weighted by Gasteiger charge is 2.17. The lowest BCUT2D eigenvalue weighted by Crippen LogP contribution is -2.32. The number of nitrogens with one attached hydrogen (secondary N) is 1. The van der Waals surface area contributed by atoms with Crippen LogP contribution in [0.2, 0.25) is 5.02 Å². The van der Waals surface area contributed by atoms with E-state index < -0.39 is 0 Å². The van der Waals surface area contributed by atoms with Gasteiger partial charge in [-0.15, -0.1) is 0 Å². The Balaban J connectivity index is 1.74. The van der Waals surface area contributed by atoms with Crippen molar-refractivity contribution in [1.29, 1.82) is 0 Å². The summed E-state index contributed by atoms with van der Waals surface area (Å²) in [5.74, 6) is 0. The van der Waals surface area contributed by atoms with Crippen LogP contribution in [0.3, 0.4) is 0 Å². The number of halogens is 1. The smallest absolute Gasteiger partial charge is 0.0716 e. The van der Waals surface area contributed by atoms with Crippen molar-refractivity contribution in [3.05, 3.63) is 65.2 Å². The molecule has 2 rings (SSSR count). The molecule has 0 bridgehead atoms. The van der Waals surface area contributed by atoms with Gasteiger partial charge in [0.1, 0.15) is 0 Å². The van der Waals surface area contributed by atoms with Crippen molar-refractivity contribution in [2.45, 2.75) is 32.4 Å². The van der Waals surface area contributed by atoms with Crippen LogP contribution < -0.4 is 5.32 Å². The first kappa shape index (κ1) is 15.9. The molecule has 0 saturated heterocycles. The molecule has 0 aromatic heterocycles. The molecular weight excluding hydrogens is 282 g/mol. The van der Waals surface area contributed by atoms with E-state index in [-0.39, 0.29) is 5.54 Å². The van der Waals surface area contributed by atoms with Crippen molar-refractivity contribution in [2.75, 3.05) is 11.9 Å². The first-order valence-corrected chi connectivity index (χ1v) is 7.58. The van der Waals surface area contributed by atoms with E-state index in [0.29, 0.717) is 6.61 Å². The monoisotopic (exact) mass is 303 g/mol. The van der Waals surface area contributed by atoms with E-state index in [1.165, 1.54) is 5.56 Å². The number of rotatable bonds is 7. The molecule has 0 spiro atoms. The fourth-order valence-electron chi connectivity index (χ4n) is 2.08.